The molecule has 104 valence electrons. The Hall–Kier alpha value is 2.58. The molecule has 0 heterocycles. The van der Waals surface area contributed by atoms with E-state index in [4.69, 9.17) is 0 Å². The highest BCUT2D eigenvalue weighted by Gasteiger charge is 2.57. The van der Waals surface area contributed by atoms with Gasteiger partial charge in [0.1, 0.15) is 0 Å². The molecule has 2 aliphatic carbocycles. The van der Waals surface area contributed by atoms with Crippen molar-refractivity contribution in [2.24, 2.45) is 0 Å². The van der Waals surface area contributed by atoms with Crippen molar-refractivity contribution in [3.8, 4) is 0 Å². The second kappa shape index (κ2) is 5.59. The minimum absolute atomic E-state index is 0.0948. The monoisotopic (exact) mass is 703 g/mol. The maximum atomic E-state index is 4.03. The van der Waals surface area contributed by atoms with Gasteiger partial charge in [-0.3, -0.25) is 0 Å². The molecule has 19 heavy (non-hydrogen) atoms. The van der Waals surface area contributed by atoms with E-state index in [0.717, 1.165) is 10.9 Å². The van der Waals surface area contributed by atoms with Gasteiger partial charge in [-0.15, -0.1) is 0 Å². The topological polar surface area (TPSA) is 0 Å². The third-order valence-corrected chi connectivity index (χ3v) is 13.7. The van der Waals surface area contributed by atoms with Crippen LogP contribution < -0.4 is 0 Å². The fourth-order valence-corrected chi connectivity index (χ4v) is 9.97. The summed E-state index contributed by atoms with van der Waals surface area (Å²) in [6.07, 6.45) is 1.02. The third-order valence-electron chi connectivity index (χ3n) is 3.83. The zero-order chi connectivity index (χ0) is 14.1. The summed E-state index contributed by atoms with van der Waals surface area (Å²) in [5.41, 5.74) is 4.13. The van der Waals surface area contributed by atoms with E-state index >= 15 is 0 Å². The zero-order valence-corrected chi connectivity index (χ0v) is 20.3. The molecule has 5 unspecified atom stereocenters. The van der Waals surface area contributed by atoms with Crippen molar-refractivity contribution >= 4 is 112 Å². The third kappa shape index (κ3) is 2.22. The summed E-state index contributed by atoms with van der Waals surface area (Å²) in [4.78, 5) is 1.24. The number of halogens is 7. The summed E-state index contributed by atoms with van der Waals surface area (Å²) >= 11 is 26.9. The van der Waals surface area contributed by atoms with E-state index in [-0.39, 0.29) is 9.15 Å². The first-order valence-corrected chi connectivity index (χ1v) is 11.6. The lowest BCUT2D eigenvalue weighted by atomic mass is 9.83. The van der Waals surface area contributed by atoms with Gasteiger partial charge in [-0.05, 0) is 29.2 Å². The van der Waals surface area contributed by atoms with E-state index < -0.39 is 0 Å². The average molecular weight is 711 g/mol. The lowest BCUT2D eigenvalue weighted by Crippen LogP contribution is -2.45. The van der Waals surface area contributed by atoms with Crippen molar-refractivity contribution in [1.29, 1.82) is 0 Å². The highest BCUT2D eigenvalue weighted by atomic mass is 79.9. The van der Waals surface area contributed by atoms with Gasteiger partial charge in [0, 0.05) is 23.4 Å². The molecule has 7 heteroatoms. The van der Waals surface area contributed by atoms with Crippen molar-refractivity contribution in [1.82, 2.24) is 0 Å². The van der Waals surface area contributed by atoms with Crippen LogP contribution in [-0.4, -0.2) is 14.5 Å². The molecule has 0 amide bonds. The number of benzene rings is 1. The van der Waals surface area contributed by atoms with Crippen LogP contribution in [0.25, 0.3) is 0 Å². The van der Waals surface area contributed by atoms with Crippen molar-refractivity contribution in [2.45, 2.75) is 30.1 Å². The summed E-state index contributed by atoms with van der Waals surface area (Å²) in [6, 6.07) is 2.16. The first-order valence-electron chi connectivity index (χ1n) is 5.56. The van der Waals surface area contributed by atoms with Gasteiger partial charge in [0.25, 0.3) is 0 Å². The van der Waals surface area contributed by atoms with E-state index in [1.807, 2.05) is 0 Å². The van der Waals surface area contributed by atoms with Crippen molar-refractivity contribution < 1.29 is 0 Å². The Balaban J connectivity index is 2.39. The molecular weight excluding hydrogens is 703 g/mol. The van der Waals surface area contributed by atoms with Crippen LogP contribution >= 0.6 is 112 Å². The van der Waals surface area contributed by atoms with Crippen molar-refractivity contribution in [3.05, 3.63) is 31.7 Å². The van der Waals surface area contributed by atoms with E-state index in [1.54, 1.807) is 0 Å². The van der Waals surface area contributed by atoms with Gasteiger partial charge in [-0.2, -0.15) is 0 Å². The Morgan fingerprint density at radius 2 is 1.68 bits per heavy atom. The van der Waals surface area contributed by atoms with Gasteiger partial charge >= 0.3 is 0 Å². The number of hydrogen-bond donors (Lipinski definition) is 0. The van der Waals surface area contributed by atoms with Crippen LogP contribution in [0, 0.1) is 0 Å². The van der Waals surface area contributed by atoms with Crippen LogP contribution in [0.1, 0.15) is 21.5 Å². The predicted molar refractivity (Wildman–Crippen MR) is 106 cm³/mol. The summed E-state index contributed by atoms with van der Waals surface area (Å²) in [5, 5.41) is 0. The lowest BCUT2D eigenvalue weighted by molar-refractivity contribution is 0.568. The lowest BCUT2D eigenvalue weighted by Gasteiger charge is -2.43. The van der Waals surface area contributed by atoms with E-state index in [1.165, 1.54) is 21.2 Å². The summed E-state index contributed by atoms with van der Waals surface area (Å²) in [5.74, 6) is 0. The maximum absolute atomic E-state index is 4.03. The van der Waals surface area contributed by atoms with Crippen LogP contribution in [0.5, 0.6) is 0 Å². The summed E-state index contributed by atoms with van der Waals surface area (Å²) in [6.45, 7) is 0. The van der Waals surface area contributed by atoms with Gasteiger partial charge < -0.3 is 0 Å². The Kier molecular flexibility index (Phi) is 4.83. The minimum Gasteiger partial charge on any atom is -0.0868 e. The van der Waals surface area contributed by atoms with Crippen LogP contribution in [0.2, 0.25) is 0 Å². The van der Waals surface area contributed by atoms with Gasteiger partial charge in [-0.1, -0.05) is 112 Å². The molecule has 0 fully saturated rings. The van der Waals surface area contributed by atoms with Crippen molar-refractivity contribution in [3.63, 3.8) is 0 Å². The molecule has 5 atom stereocenters. The second-order valence-electron chi connectivity index (χ2n) is 4.80. The minimum atomic E-state index is -0.0948. The Labute approximate surface area is 171 Å². The second-order valence-corrected chi connectivity index (χ2v) is 12.0. The molecular formula is C12H7Br7. The molecule has 0 saturated carbocycles. The average Bonchev–Trinajstić information content (AvgIpc) is 2.62. The Morgan fingerprint density at radius 3 is 2.32 bits per heavy atom. The summed E-state index contributed by atoms with van der Waals surface area (Å²) < 4.78 is 2.23. The number of alkyl halides is 5. The molecule has 0 aliphatic heterocycles. The Bertz CT molecular complexity index is 557. The SMILES string of the molecule is Brc1cc(Br)c2c3c1CC(Br)C3(Br)C(Br)C(Br)C2Br. The maximum Gasteiger partial charge on any atom is 0.0776 e. The fraction of sp³-hybridized carbons (Fsp3) is 0.500. The highest BCUT2D eigenvalue weighted by molar-refractivity contribution is 9.15. The normalized spacial score (nSPS) is 40.4. The van der Waals surface area contributed by atoms with E-state index in [0.29, 0.717) is 14.5 Å². The van der Waals surface area contributed by atoms with Crippen LogP contribution in [0.15, 0.2) is 15.0 Å². The number of rotatable bonds is 0. The molecule has 0 aromatic heterocycles. The molecule has 0 radical (unpaired) electrons. The molecule has 0 N–H and O–H groups in total. The van der Waals surface area contributed by atoms with E-state index in [9.17, 15) is 0 Å². The van der Waals surface area contributed by atoms with E-state index in [2.05, 4.69) is 118 Å². The Morgan fingerprint density at radius 1 is 1.05 bits per heavy atom. The first kappa shape index (κ1) is 16.4. The molecule has 0 bridgehead atoms. The number of hydrogen-bond acceptors (Lipinski definition) is 0. The first-order chi connectivity index (χ1) is 8.80. The van der Waals surface area contributed by atoms with Crippen LogP contribution in [0.4, 0.5) is 0 Å². The molecule has 1 aromatic rings. The van der Waals surface area contributed by atoms with Crippen molar-refractivity contribution in [2.75, 3.05) is 0 Å². The highest BCUT2D eigenvalue weighted by Crippen LogP contribution is 2.63. The summed E-state index contributed by atoms with van der Waals surface area (Å²) in [7, 11) is 0. The van der Waals surface area contributed by atoms with Gasteiger partial charge in [0.15, 0.2) is 0 Å². The van der Waals surface area contributed by atoms with Gasteiger partial charge in [-0.25, -0.2) is 0 Å². The predicted octanol–water partition coefficient (Wildman–Crippen LogP) is 7.10. The standard InChI is InChI=1S/C12H7Br7/c13-4-2-5(14)7-8-3(4)1-6(15)12(8,19)11(18)10(17)9(7)16/h2,6,9-11H,1H2. The van der Waals surface area contributed by atoms with Crippen LogP contribution in [0.3, 0.4) is 0 Å². The van der Waals surface area contributed by atoms with Gasteiger partial charge in [0.2, 0.25) is 0 Å². The molecule has 2 aliphatic rings. The molecule has 1 aromatic carbocycles. The quantitative estimate of drug-likeness (QED) is 0.253. The van der Waals surface area contributed by atoms with Gasteiger partial charge in [0.05, 0.1) is 9.15 Å². The molecule has 0 nitrogen and oxygen atoms in total. The largest absolute Gasteiger partial charge is 0.0868 e. The van der Waals surface area contributed by atoms with Crippen LogP contribution in [-0.2, 0) is 10.7 Å². The fourth-order valence-electron chi connectivity index (χ4n) is 2.92. The zero-order valence-electron chi connectivity index (χ0n) is 9.24. The molecule has 0 saturated heterocycles. The molecule has 0 spiro atoms. The molecule has 3 rings (SSSR count). The smallest absolute Gasteiger partial charge is 0.0776 e.